The maximum Gasteiger partial charge on any atom is 0.334 e. The van der Waals surface area contributed by atoms with Gasteiger partial charge >= 0.3 is 5.97 Å². The molecule has 2 atom stereocenters. The lowest BCUT2D eigenvalue weighted by Crippen LogP contribution is -2.58. The summed E-state index contributed by atoms with van der Waals surface area (Å²) in [6.45, 7) is 5.86. The number of carboxylic acid groups (broad SMARTS) is 1. The van der Waals surface area contributed by atoms with Crippen molar-refractivity contribution in [2.75, 3.05) is 13.7 Å². The first-order valence-electron chi connectivity index (χ1n) is 10.9. The van der Waals surface area contributed by atoms with E-state index in [2.05, 4.69) is 30.9 Å². The summed E-state index contributed by atoms with van der Waals surface area (Å²) in [5.41, 5.74) is -0.224. The summed E-state index contributed by atoms with van der Waals surface area (Å²) in [6, 6.07) is 12.1. The second-order valence-corrected chi connectivity index (χ2v) is 9.30. The first-order chi connectivity index (χ1) is 16.2. The quantitative estimate of drug-likeness (QED) is 0.597. The second kappa shape index (κ2) is 8.90. The number of benzene rings is 1. The number of nitrogens with zero attached hydrogens (tertiary/aromatic N) is 4. The van der Waals surface area contributed by atoms with Crippen LogP contribution in [0.5, 0.6) is 5.75 Å². The van der Waals surface area contributed by atoms with E-state index in [0.29, 0.717) is 17.0 Å². The third-order valence-corrected chi connectivity index (χ3v) is 5.97. The predicted octanol–water partition coefficient (Wildman–Crippen LogP) is 3.28. The topological polar surface area (TPSA) is 107 Å². The maximum absolute atomic E-state index is 14.0. The van der Waals surface area contributed by atoms with Gasteiger partial charge in [0, 0.05) is 24.2 Å². The van der Waals surface area contributed by atoms with Crippen LogP contribution in [0.2, 0.25) is 0 Å². The Balaban J connectivity index is 1.83. The Morgan fingerprint density at radius 1 is 1.21 bits per heavy atom. The number of amides is 1. The third kappa shape index (κ3) is 4.14. The van der Waals surface area contributed by atoms with Gasteiger partial charge < -0.3 is 14.6 Å². The largest absolute Gasteiger partial charge is 0.496 e. The van der Waals surface area contributed by atoms with Crippen molar-refractivity contribution >= 4 is 11.9 Å². The van der Waals surface area contributed by atoms with Gasteiger partial charge in [0.2, 0.25) is 0 Å². The molecule has 178 valence electrons. The number of carbonyl (C=O) groups excluding carboxylic acids is 1. The molecule has 2 unspecified atom stereocenters. The molecular formula is C25H28N4O5. The molecule has 0 saturated carbocycles. The van der Waals surface area contributed by atoms with Gasteiger partial charge in [-0.1, -0.05) is 32.9 Å². The zero-order valence-corrected chi connectivity index (χ0v) is 19.6. The summed E-state index contributed by atoms with van der Waals surface area (Å²) in [5, 5.41) is 14.5. The standard InChI is InChI=1S/C25H28N4O5/c1-24(2,3)18-10-9-17(14-20(18)33-4)21(30)29-22(19-8-5-6-11-26-19)34-16-25(29,23(31)32)15-28-13-7-12-27-28/h5-14,22H,15-16H2,1-4H3,(H,31,32). The first kappa shape index (κ1) is 23.4. The Bertz CT molecular complexity index is 1170. The number of ether oxygens (including phenoxy) is 2. The van der Waals surface area contributed by atoms with Crippen molar-refractivity contribution in [1.82, 2.24) is 19.7 Å². The van der Waals surface area contributed by atoms with Crippen molar-refractivity contribution < 1.29 is 24.2 Å². The average Bonchev–Trinajstić information content (AvgIpc) is 3.47. The van der Waals surface area contributed by atoms with E-state index in [0.717, 1.165) is 5.56 Å². The molecule has 1 amide bonds. The summed E-state index contributed by atoms with van der Waals surface area (Å²) in [4.78, 5) is 32.3. The molecule has 1 saturated heterocycles. The van der Waals surface area contributed by atoms with E-state index in [4.69, 9.17) is 9.47 Å². The molecule has 9 nitrogen and oxygen atoms in total. The van der Waals surface area contributed by atoms with Gasteiger partial charge in [0.05, 0.1) is 26.0 Å². The van der Waals surface area contributed by atoms with Crippen LogP contribution in [0.15, 0.2) is 61.1 Å². The minimum atomic E-state index is -1.69. The molecule has 0 bridgehead atoms. The zero-order chi connectivity index (χ0) is 24.5. The van der Waals surface area contributed by atoms with Gasteiger partial charge in [-0.3, -0.25) is 19.4 Å². The van der Waals surface area contributed by atoms with Crippen LogP contribution < -0.4 is 4.74 Å². The molecule has 1 fully saturated rings. The highest BCUT2D eigenvalue weighted by Gasteiger charge is 2.57. The molecule has 3 aromatic rings. The monoisotopic (exact) mass is 464 g/mol. The molecule has 1 aliphatic rings. The number of methoxy groups -OCH3 is 1. The number of rotatable bonds is 6. The molecule has 1 aromatic carbocycles. The fourth-order valence-corrected chi connectivity index (χ4v) is 4.23. The average molecular weight is 465 g/mol. The van der Waals surface area contributed by atoms with Crippen LogP contribution in [-0.2, 0) is 21.5 Å². The fourth-order valence-electron chi connectivity index (χ4n) is 4.23. The lowest BCUT2D eigenvalue weighted by Gasteiger charge is -2.35. The normalized spacial score (nSPS) is 20.4. The van der Waals surface area contributed by atoms with Crippen molar-refractivity contribution in [1.29, 1.82) is 0 Å². The highest BCUT2D eigenvalue weighted by molar-refractivity contribution is 5.99. The number of carboxylic acids is 1. The lowest BCUT2D eigenvalue weighted by atomic mass is 9.85. The fraction of sp³-hybridized carbons (Fsp3) is 0.360. The number of hydrogen-bond donors (Lipinski definition) is 1. The Hall–Kier alpha value is -3.72. The summed E-state index contributed by atoms with van der Waals surface area (Å²) in [7, 11) is 1.55. The van der Waals surface area contributed by atoms with E-state index in [1.165, 1.54) is 9.58 Å². The van der Waals surface area contributed by atoms with Crippen LogP contribution in [0.4, 0.5) is 0 Å². The van der Waals surface area contributed by atoms with E-state index in [1.807, 2.05) is 6.07 Å². The van der Waals surface area contributed by atoms with Crippen LogP contribution in [0.25, 0.3) is 0 Å². The van der Waals surface area contributed by atoms with Crippen LogP contribution in [0, 0.1) is 0 Å². The van der Waals surface area contributed by atoms with Gasteiger partial charge in [0.1, 0.15) is 5.75 Å². The summed E-state index contributed by atoms with van der Waals surface area (Å²) in [6.07, 6.45) is 3.82. The van der Waals surface area contributed by atoms with Crippen LogP contribution in [0.3, 0.4) is 0 Å². The lowest BCUT2D eigenvalue weighted by molar-refractivity contribution is -0.149. The van der Waals surface area contributed by atoms with Crippen LogP contribution in [0.1, 0.15) is 48.6 Å². The zero-order valence-electron chi connectivity index (χ0n) is 19.6. The van der Waals surface area contributed by atoms with Crippen molar-refractivity contribution in [2.24, 2.45) is 0 Å². The van der Waals surface area contributed by atoms with Crippen LogP contribution in [-0.4, -0.2) is 55.9 Å². The predicted molar refractivity (Wildman–Crippen MR) is 123 cm³/mol. The van der Waals surface area contributed by atoms with Gasteiger partial charge in [-0.15, -0.1) is 0 Å². The minimum absolute atomic E-state index is 0.0817. The van der Waals surface area contributed by atoms with Gasteiger partial charge in [-0.05, 0) is 41.3 Å². The summed E-state index contributed by atoms with van der Waals surface area (Å²) < 4.78 is 13.0. The van der Waals surface area contributed by atoms with Crippen molar-refractivity contribution in [2.45, 2.75) is 44.5 Å². The number of pyridine rings is 1. The SMILES string of the molecule is COc1cc(C(=O)N2C(c3ccccn3)OCC2(Cn2cccn2)C(=O)O)ccc1C(C)(C)C. The molecule has 1 aliphatic heterocycles. The highest BCUT2D eigenvalue weighted by Crippen LogP contribution is 2.40. The smallest absolute Gasteiger partial charge is 0.334 e. The Labute approximate surface area is 197 Å². The van der Waals surface area contributed by atoms with Crippen molar-refractivity contribution in [3.8, 4) is 5.75 Å². The van der Waals surface area contributed by atoms with Gasteiger partial charge in [-0.25, -0.2) is 4.79 Å². The molecular weight excluding hydrogens is 436 g/mol. The molecule has 2 aromatic heterocycles. The minimum Gasteiger partial charge on any atom is -0.496 e. The summed E-state index contributed by atoms with van der Waals surface area (Å²) >= 11 is 0. The molecule has 4 rings (SSSR count). The van der Waals surface area contributed by atoms with E-state index >= 15 is 0 Å². The second-order valence-electron chi connectivity index (χ2n) is 9.30. The van der Waals surface area contributed by atoms with E-state index < -0.39 is 23.6 Å². The number of carbonyl (C=O) groups is 2. The highest BCUT2D eigenvalue weighted by atomic mass is 16.5. The molecule has 0 spiro atoms. The van der Waals surface area contributed by atoms with E-state index in [1.54, 1.807) is 62.1 Å². The third-order valence-electron chi connectivity index (χ3n) is 5.97. The Kier molecular flexibility index (Phi) is 6.14. The van der Waals surface area contributed by atoms with Crippen LogP contribution >= 0.6 is 0 Å². The van der Waals surface area contributed by atoms with Gasteiger partial charge in [-0.2, -0.15) is 5.10 Å². The molecule has 1 N–H and O–H groups in total. The maximum atomic E-state index is 14.0. The summed E-state index contributed by atoms with van der Waals surface area (Å²) in [5.74, 6) is -1.13. The molecule has 3 heterocycles. The number of aliphatic carboxylic acids is 1. The number of aromatic nitrogens is 3. The first-order valence-corrected chi connectivity index (χ1v) is 10.9. The van der Waals surface area contributed by atoms with Crippen molar-refractivity contribution in [3.05, 3.63) is 77.9 Å². The van der Waals surface area contributed by atoms with Crippen molar-refractivity contribution in [3.63, 3.8) is 0 Å². The molecule has 9 heteroatoms. The Morgan fingerprint density at radius 3 is 2.59 bits per heavy atom. The van der Waals surface area contributed by atoms with Gasteiger partial charge in [0.15, 0.2) is 11.8 Å². The van der Waals surface area contributed by atoms with Gasteiger partial charge in [0.25, 0.3) is 5.91 Å². The molecule has 0 radical (unpaired) electrons. The molecule has 34 heavy (non-hydrogen) atoms. The number of hydrogen-bond acceptors (Lipinski definition) is 6. The van der Waals surface area contributed by atoms with E-state index in [9.17, 15) is 14.7 Å². The Morgan fingerprint density at radius 2 is 2.00 bits per heavy atom. The molecule has 0 aliphatic carbocycles. The van der Waals surface area contributed by atoms with E-state index in [-0.39, 0.29) is 18.6 Å².